The maximum Gasteiger partial charge on any atom is 0.242 e. The number of nitrogens with zero attached hydrogens (tertiary/aromatic N) is 4. The zero-order valence-corrected chi connectivity index (χ0v) is 20.7. The molecule has 1 amide bonds. The Morgan fingerprint density at radius 3 is 2.71 bits per heavy atom. The van der Waals surface area contributed by atoms with Crippen LogP contribution >= 0.6 is 11.3 Å². The Bertz CT molecular complexity index is 1210. The molecule has 0 unspecified atom stereocenters. The van der Waals surface area contributed by atoms with Gasteiger partial charge in [-0.1, -0.05) is 36.9 Å². The average molecular weight is 477 g/mol. The normalized spacial score (nSPS) is 13.9. The molecule has 3 aromatic rings. The lowest BCUT2D eigenvalue weighted by molar-refractivity contribution is -0.131. The van der Waals surface area contributed by atoms with Gasteiger partial charge in [0.25, 0.3) is 0 Å². The van der Waals surface area contributed by atoms with Crippen LogP contribution in [0.2, 0.25) is 0 Å². The Labute approximate surface area is 204 Å². The van der Waals surface area contributed by atoms with E-state index in [2.05, 4.69) is 16.5 Å². The summed E-state index contributed by atoms with van der Waals surface area (Å²) in [6.07, 6.45) is 4.77. The fraction of sp³-hybridized carbons (Fsp3) is 0.296. The fourth-order valence-electron chi connectivity index (χ4n) is 4.11. The van der Waals surface area contributed by atoms with Gasteiger partial charge in [0, 0.05) is 43.6 Å². The van der Waals surface area contributed by atoms with Crippen LogP contribution in [0, 0.1) is 19.7 Å². The van der Waals surface area contributed by atoms with Gasteiger partial charge in [0.15, 0.2) is 0 Å². The minimum atomic E-state index is -0.344. The molecule has 1 aromatic carbocycles. The first-order valence-corrected chi connectivity index (χ1v) is 12.2. The fourth-order valence-corrected chi connectivity index (χ4v) is 5.08. The third-order valence-electron chi connectivity index (χ3n) is 6.01. The Morgan fingerprint density at radius 2 is 1.97 bits per heavy atom. The van der Waals surface area contributed by atoms with Gasteiger partial charge in [0.1, 0.15) is 5.82 Å². The van der Waals surface area contributed by atoms with Crippen LogP contribution in [-0.2, 0) is 17.6 Å². The van der Waals surface area contributed by atoms with Gasteiger partial charge in [-0.05, 0) is 42.7 Å². The number of hydrogen-bond donors (Lipinski definition) is 0. The molecule has 0 saturated carbocycles. The van der Waals surface area contributed by atoms with E-state index in [0.29, 0.717) is 29.9 Å². The zero-order valence-electron chi connectivity index (χ0n) is 19.8. The predicted octanol–water partition coefficient (Wildman–Crippen LogP) is 4.91. The maximum absolute atomic E-state index is 13.7. The smallest absolute Gasteiger partial charge is 0.242 e. The molecule has 1 aliphatic heterocycles. The highest BCUT2D eigenvalue weighted by atomic mass is 32.1. The predicted molar refractivity (Wildman–Crippen MR) is 136 cm³/mol. The van der Waals surface area contributed by atoms with Crippen LogP contribution in [0.25, 0.3) is 11.3 Å². The molecule has 0 fully saturated rings. The highest BCUT2D eigenvalue weighted by Gasteiger charge is 2.22. The van der Waals surface area contributed by atoms with Crippen molar-refractivity contribution in [2.75, 3.05) is 26.7 Å². The lowest BCUT2D eigenvalue weighted by Crippen LogP contribution is -2.40. The van der Waals surface area contributed by atoms with Crippen LogP contribution in [0.1, 0.15) is 32.4 Å². The van der Waals surface area contributed by atoms with Crippen molar-refractivity contribution in [1.82, 2.24) is 19.8 Å². The number of aromatic nitrogens is 2. The number of carbonyl (C=O) groups is 1. The SMILES string of the molecule is C=C(/C=C(/c1ccccc1)N(C)CC(=O)N1CCc2nc(C)sc2CC1)c1cc(C)c(F)cn1. The van der Waals surface area contributed by atoms with Crippen LogP contribution in [0.5, 0.6) is 0 Å². The summed E-state index contributed by atoms with van der Waals surface area (Å²) in [5.41, 5.74) is 4.73. The van der Waals surface area contributed by atoms with Crippen molar-refractivity contribution in [1.29, 1.82) is 0 Å². The molecule has 7 heteroatoms. The van der Waals surface area contributed by atoms with Crippen LogP contribution in [0.4, 0.5) is 4.39 Å². The van der Waals surface area contributed by atoms with Crippen molar-refractivity contribution >= 4 is 28.5 Å². The van der Waals surface area contributed by atoms with Gasteiger partial charge in [-0.3, -0.25) is 9.78 Å². The number of thiazole rings is 1. The number of carbonyl (C=O) groups excluding carboxylic acids is 1. The summed E-state index contributed by atoms with van der Waals surface area (Å²) in [5.74, 6) is -0.263. The van der Waals surface area contributed by atoms with E-state index < -0.39 is 0 Å². The molecule has 0 saturated heterocycles. The van der Waals surface area contributed by atoms with Crippen molar-refractivity contribution in [3.8, 4) is 0 Å². The molecule has 3 heterocycles. The minimum Gasteiger partial charge on any atom is -0.365 e. The van der Waals surface area contributed by atoms with Gasteiger partial charge in [-0.25, -0.2) is 9.37 Å². The molecular weight excluding hydrogens is 447 g/mol. The molecule has 0 spiro atoms. The van der Waals surface area contributed by atoms with Crippen LogP contribution in [0.3, 0.4) is 0 Å². The van der Waals surface area contributed by atoms with Crippen LogP contribution in [0.15, 0.2) is 55.3 Å². The molecule has 34 heavy (non-hydrogen) atoms. The van der Waals surface area contributed by atoms with Crippen molar-refractivity contribution in [3.63, 3.8) is 0 Å². The lowest BCUT2D eigenvalue weighted by Gasteiger charge is -2.27. The lowest BCUT2D eigenvalue weighted by atomic mass is 10.1. The summed E-state index contributed by atoms with van der Waals surface area (Å²) in [6.45, 7) is 9.52. The number of aryl methyl sites for hydroxylation is 2. The first-order chi connectivity index (χ1) is 16.3. The van der Waals surface area contributed by atoms with Gasteiger partial charge in [-0.15, -0.1) is 11.3 Å². The molecule has 0 atom stereocenters. The Kier molecular flexibility index (Phi) is 7.22. The minimum absolute atomic E-state index is 0.0811. The summed E-state index contributed by atoms with van der Waals surface area (Å²) in [7, 11) is 1.91. The van der Waals surface area contributed by atoms with Gasteiger partial charge >= 0.3 is 0 Å². The molecule has 4 rings (SSSR count). The zero-order chi connectivity index (χ0) is 24.2. The van der Waals surface area contributed by atoms with Crippen LogP contribution < -0.4 is 0 Å². The Morgan fingerprint density at radius 1 is 1.24 bits per heavy atom. The molecule has 0 bridgehead atoms. The monoisotopic (exact) mass is 476 g/mol. The van der Waals surface area contributed by atoms with Gasteiger partial charge in [0.05, 0.1) is 29.1 Å². The summed E-state index contributed by atoms with van der Waals surface area (Å²) >= 11 is 1.73. The molecule has 2 aromatic heterocycles. The Hall–Kier alpha value is -3.32. The molecule has 1 aliphatic rings. The van der Waals surface area contributed by atoms with E-state index in [4.69, 9.17) is 0 Å². The van der Waals surface area contributed by atoms with Crippen LogP contribution in [-0.4, -0.2) is 52.4 Å². The van der Waals surface area contributed by atoms with E-state index in [1.807, 2.05) is 60.2 Å². The Balaban J connectivity index is 1.52. The third kappa shape index (κ3) is 5.42. The highest BCUT2D eigenvalue weighted by Crippen LogP contribution is 2.25. The summed E-state index contributed by atoms with van der Waals surface area (Å²) in [5, 5.41) is 1.09. The maximum atomic E-state index is 13.7. The second-order valence-corrected chi connectivity index (χ2v) is 9.87. The third-order valence-corrected chi connectivity index (χ3v) is 7.08. The van der Waals surface area contributed by atoms with E-state index in [1.54, 1.807) is 24.3 Å². The van der Waals surface area contributed by atoms with Gasteiger partial charge in [0.2, 0.25) is 5.91 Å². The second kappa shape index (κ2) is 10.3. The first-order valence-electron chi connectivity index (χ1n) is 11.3. The van der Waals surface area contributed by atoms with Gasteiger partial charge < -0.3 is 9.80 Å². The van der Waals surface area contributed by atoms with Crippen molar-refractivity contribution < 1.29 is 9.18 Å². The standard InChI is InChI=1S/C27H29FN4OS/c1-18-14-24(29-16-22(18)28)19(2)15-25(21-8-6-5-7-9-21)31(4)17-27(33)32-12-10-23-26(11-13-32)34-20(3)30-23/h5-9,14-16H,2,10-13,17H2,1,3-4H3/b25-15-. The molecule has 5 nitrogen and oxygen atoms in total. The first kappa shape index (κ1) is 23.8. The quantitative estimate of drug-likeness (QED) is 0.475. The molecule has 176 valence electrons. The topological polar surface area (TPSA) is 49.3 Å². The van der Waals surface area contributed by atoms with E-state index in [1.165, 1.54) is 11.1 Å². The van der Waals surface area contributed by atoms with Crippen molar-refractivity contribution in [2.24, 2.45) is 0 Å². The molecule has 0 N–H and O–H groups in total. The van der Waals surface area contributed by atoms with Crippen molar-refractivity contribution in [3.05, 3.63) is 93.5 Å². The van der Waals surface area contributed by atoms with Crippen molar-refractivity contribution in [2.45, 2.75) is 26.7 Å². The number of rotatable bonds is 6. The average Bonchev–Trinajstić information content (AvgIpc) is 3.06. The number of fused-ring (bicyclic) bond motifs is 1. The number of hydrogen-bond acceptors (Lipinski definition) is 5. The largest absolute Gasteiger partial charge is 0.365 e. The van der Waals surface area contributed by atoms with E-state index in [9.17, 15) is 9.18 Å². The number of amides is 1. The number of allylic oxidation sites excluding steroid dienone is 2. The summed E-state index contributed by atoms with van der Waals surface area (Å²) in [6, 6.07) is 11.6. The van der Waals surface area contributed by atoms with E-state index >= 15 is 0 Å². The number of benzene rings is 1. The number of likely N-dealkylation sites (N-methyl/N-ethyl adjacent to an activating group) is 1. The molecule has 0 aliphatic carbocycles. The number of halogens is 1. The van der Waals surface area contributed by atoms with E-state index in [-0.39, 0.29) is 18.3 Å². The van der Waals surface area contributed by atoms with E-state index in [0.717, 1.165) is 34.8 Å². The second-order valence-electron chi connectivity index (χ2n) is 8.58. The van der Waals surface area contributed by atoms with Gasteiger partial charge in [-0.2, -0.15) is 0 Å². The highest BCUT2D eigenvalue weighted by molar-refractivity contribution is 7.11. The summed E-state index contributed by atoms with van der Waals surface area (Å²) in [4.78, 5) is 27.2. The molecule has 0 radical (unpaired) electrons. The number of pyridine rings is 1. The molecular formula is C27H29FN4OS. The summed E-state index contributed by atoms with van der Waals surface area (Å²) < 4.78 is 13.7.